The quantitative estimate of drug-likeness (QED) is 0.838. The highest BCUT2D eigenvalue weighted by Crippen LogP contribution is 2.42. The lowest BCUT2D eigenvalue weighted by atomic mass is 9.68. The molecule has 2 rings (SSSR count). The SMILES string of the molecule is CCNC1(CCO)CCCCC1c1ccccc1. The van der Waals surface area contributed by atoms with Crippen molar-refractivity contribution >= 4 is 0 Å². The molecule has 0 bridgehead atoms. The second-order valence-electron chi connectivity index (χ2n) is 5.37. The first-order valence-corrected chi connectivity index (χ1v) is 7.23. The maximum atomic E-state index is 9.44. The molecule has 2 N–H and O–H groups in total. The molecule has 2 unspecified atom stereocenters. The summed E-state index contributed by atoms with van der Waals surface area (Å²) in [7, 11) is 0. The minimum atomic E-state index is 0.100. The van der Waals surface area contributed by atoms with Crippen LogP contribution in [-0.2, 0) is 0 Å². The average molecular weight is 247 g/mol. The molecule has 1 aromatic rings. The van der Waals surface area contributed by atoms with Crippen LogP contribution in [0.3, 0.4) is 0 Å². The van der Waals surface area contributed by atoms with Crippen molar-refractivity contribution in [3.63, 3.8) is 0 Å². The minimum Gasteiger partial charge on any atom is -0.396 e. The van der Waals surface area contributed by atoms with Crippen LogP contribution in [0.15, 0.2) is 30.3 Å². The number of hydrogen-bond donors (Lipinski definition) is 2. The second-order valence-corrected chi connectivity index (χ2v) is 5.37. The molecule has 2 heteroatoms. The standard InChI is InChI=1S/C16H25NO/c1-2-17-16(12-13-18)11-7-6-10-15(16)14-8-4-3-5-9-14/h3-5,8-9,15,17-18H,2,6-7,10-13H2,1H3. The van der Waals surface area contributed by atoms with Crippen molar-refractivity contribution < 1.29 is 5.11 Å². The molecule has 1 fully saturated rings. The molecule has 0 aromatic heterocycles. The lowest BCUT2D eigenvalue weighted by molar-refractivity contribution is 0.143. The topological polar surface area (TPSA) is 32.3 Å². The second kappa shape index (κ2) is 6.35. The first-order chi connectivity index (χ1) is 8.82. The van der Waals surface area contributed by atoms with Crippen LogP contribution in [-0.4, -0.2) is 23.8 Å². The van der Waals surface area contributed by atoms with Gasteiger partial charge in [0.25, 0.3) is 0 Å². The fourth-order valence-electron chi connectivity index (χ4n) is 3.56. The van der Waals surface area contributed by atoms with Gasteiger partial charge in [0.2, 0.25) is 0 Å². The maximum Gasteiger partial charge on any atom is 0.0448 e. The monoisotopic (exact) mass is 247 g/mol. The van der Waals surface area contributed by atoms with Crippen molar-refractivity contribution in [2.24, 2.45) is 0 Å². The number of likely N-dealkylation sites (N-methyl/N-ethyl adjacent to an activating group) is 1. The van der Waals surface area contributed by atoms with Crippen molar-refractivity contribution in [2.75, 3.05) is 13.2 Å². The van der Waals surface area contributed by atoms with Crippen molar-refractivity contribution in [1.82, 2.24) is 5.32 Å². The summed E-state index contributed by atoms with van der Waals surface area (Å²) in [5.74, 6) is 0.541. The average Bonchev–Trinajstić information content (AvgIpc) is 2.41. The normalized spacial score (nSPS) is 28.2. The molecule has 0 amide bonds. The van der Waals surface area contributed by atoms with Gasteiger partial charge in [-0.2, -0.15) is 0 Å². The lowest BCUT2D eigenvalue weighted by Gasteiger charge is -2.45. The lowest BCUT2D eigenvalue weighted by Crippen LogP contribution is -2.52. The zero-order chi connectivity index (χ0) is 12.8. The molecule has 1 aliphatic rings. The van der Waals surface area contributed by atoms with Crippen LogP contribution in [0.25, 0.3) is 0 Å². The fourth-order valence-corrected chi connectivity index (χ4v) is 3.56. The third-order valence-electron chi connectivity index (χ3n) is 4.32. The van der Waals surface area contributed by atoms with E-state index < -0.39 is 0 Å². The Morgan fingerprint density at radius 3 is 2.72 bits per heavy atom. The van der Waals surface area contributed by atoms with E-state index >= 15 is 0 Å². The number of aliphatic hydroxyl groups is 1. The predicted octanol–water partition coefficient (Wildman–Crippen LogP) is 3.07. The fraction of sp³-hybridized carbons (Fsp3) is 0.625. The van der Waals surface area contributed by atoms with Crippen LogP contribution in [0, 0.1) is 0 Å². The molecule has 1 aromatic carbocycles. The molecule has 1 aliphatic carbocycles. The van der Waals surface area contributed by atoms with Gasteiger partial charge in [0, 0.05) is 18.1 Å². The van der Waals surface area contributed by atoms with E-state index in [-0.39, 0.29) is 12.1 Å². The predicted molar refractivity (Wildman–Crippen MR) is 75.8 cm³/mol. The summed E-state index contributed by atoms with van der Waals surface area (Å²) < 4.78 is 0. The van der Waals surface area contributed by atoms with Gasteiger partial charge in [0.1, 0.15) is 0 Å². The number of nitrogens with one attached hydrogen (secondary N) is 1. The first kappa shape index (κ1) is 13.6. The van der Waals surface area contributed by atoms with Gasteiger partial charge in [-0.1, -0.05) is 50.1 Å². The number of rotatable bonds is 5. The van der Waals surface area contributed by atoms with E-state index in [4.69, 9.17) is 0 Å². The van der Waals surface area contributed by atoms with E-state index in [0.717, 1.165) is 13.0 Å². The Kier molecular flexibility index (Phi) is 4.79. The van der Waals surface area contributed by atoms with Gasteiger partial charge >= 0.3 is 0 Å². The van der Waals surface area contributed by atoms with Gasteiger partial charge in [0.05, 0.1) is 0 Å². The van der Waals surface area contributed by atoms with E-state index in [1.165, 1.54) is 31.2 Å². The van der Waals surface area contributed by atoms with Crippen molar-refractivity contribution in [1.29, 1.82) is 0 Å². The summed E-state index contributed by atoms with van der Waals surface area (Å²) in [6.07, 6.45) is 5.85. The van der Waals surface area contributed by atoms with Crippen LogP contribution in [0.2, 0.25) is 0 Å². The Morgan fingerprint density at radius 2 is 2.06 bits per heavy atom. The Hall–Kier alpha value is -0.860. The van der Waals surface area contributed by atoms with Gasteiger partial charge in [-0.25, -0.2) is 0 Å². The zero-order valence-electron chi connectivity index (χ0n) is 11.4. The molecular formula is C16H25NO. The zero-order valence-corrected chi connectivity index (χ0v) is 11.4. The van der Waals surface area contributed by atoms with Crippen LogP contribution in [0.5, 0.6) is 0 Å². The van der Waals surface area contributed by atoms with Gasteiger partial charge in [-0.15, -0.1) is 0 Å². The smallest absolute Gasteiger partial charge is 0.0448 e. The van der Waals surface area contributed by atoms with Crippen LogP contribution in [0.1, 0.15) is 50.5 Å². The molecular weight excluding hydrogens is 222 g/mol. The highest BCUT2D eigenvalue weighted by atomic mass is 16.3. The minimum absolute atomic E-state index is 0.100. The van der Waals surface area contributed by atoms with E-state index in [0.29, 0.717) is 5.92 Å². The van der Waals surface area contributed by atoms with Crippen molar-refractivity contribution in [3.05, 3.63) is 35.9 Å². The summed E-state index contributed by atoms with van der Waals surface area (Å²) in [4.78, 5) is 0. The maximum absolute atomic E-state index is 9.44. The third-order valence-corrected chi connectivity index (χ3v) is 4.32. The summed E-state index contributed by atoms with van der Waals surface area (Å²) in [6.45, 7) is 3.41. The largest absolute Gasteiger partial charge is 0.396 e. The van der Waals surface area contributed by atoms with Crippen LogP contribution in [0.4, 0.5) is 0 Å². The van der Waals surface area contributed by atoms with Gasteiger partial charge in [-0.05, 0) is 31.4 Å². The van der Waals surface area contributed by atoms with E-state index in [1.807, 2.05) is 0 Å². The summed E-state index contributed by atoms with van der Waals surface area (Å²) in [5, 5.41) is 13.1. The highest BCUT2D eigenvalue weighted by molar-refractivity contribution is 5.25. The van der Waals surface area contributed by atoms with Crippen LogP contribution < -0.4 is 5.32 Å². The number of hydrogen-bond acceptors (Lipinski definition) is 2. The Labute approximate surface area is 110 Å². The summed E-state index contributed by atoms with van der Waals surface area (Å²) in [5.41, 5.74) is 1.52. The molecule has 2 nitrogen and oxygen atoms in total. The number of benzene rings is 1. The third kappa shape index (κ3) is 2.76. The molecule has 0 spiro atoms. The first-order valence-electron chi connectivity index (χ1n) is 7.23. The van der Waals surface area contributed by atoms with E-state index in [9.17, 15) is 5.11 Å². The summed E-state index contributed by atoms with van der Waals surface area (Å²) >= 11 is 0. The molecule has 1 saturated carbocycles. The van der Waals surface area contributed by atoms with Gasteiger partial charge in [-0.3, -0.25) is 0 Å². The molecule has 100 valence electrons. The summed E-state index contributed by atoms with van der Waals surface area (Å²) in [6, 6.07) is 10.8. The molecule has 0 radical (unpaired) electrons. The molecule has 0 heterocycles. The molecule has 18 heavy (non-hydrogen) atoms. The Balaban J connectivity index is 2.28. The molecule has 0 saturated heterocycles. The van der Waals surface area contributed by atoms with Crippen molar-refractivity contribution in [2.45, 2.75) is 50.5 Å². The van der Waals surface area contributed by atoms with E-state index in [2.05, 4.69) is 42.6 Å². The highest BCUT2D eigenvalue weighted by Gasteiger charge is 2.40. The molecule has 2 atom stereocenters. The Morgan fingerprint density at radius 1 is 1.28 bits per heavy atom. The van der Waals surface area contributed by atoms with Gasteiger partial charge < -0.3 is 10.4 Å². The van der Waals surface area contributed by atoms with Crippen molar-refractivity contribution in [3.8, 4) is 0 Å². The van der Waals surface area contributed by atoms with E-state index in [1.54, 1.807) is 0 Å². The molecule has 0 aliphatic heterocycles. The number of aliphatic hydroxyl groups excluding tert-OH is 1. The van der Waals surface area contributed by atoms with Crippen LogP contribution >= 0.6 is 0 Å². The Bertz CT molecular complexity index is 338. The van der Waals surface area contributed by atoms with Gasteiger partial charge in [0.15, 0.2) is 0 Å².